The zero-order valence-electron chi connectivity index (χ0n) is 12.9. The number of nitrogens with one attached hydrogen (secondary N) is 1. The monoisotopic (exact) mass is 239 g/mol. The van der Waals surface area contributed by atoms with Crippen LogP contribution >= 0.6 is 0 Å². The number of rotatable bonds is 9. The Morgan fingerprint density at radius 1 is 1.18 bits per heavy atom. The molecule has 1 N–H and O–H groups in total. The molecule has 0 saturated heterocycles. The summed E-state index contributed by atoms with van der Waals surface area (Å²) in [7, 11) is 0. The summed E-state index contributed by atoms with van der Waals surface area (Å²) in [4.78, 5) is 0. The van der Waals surface area contributed by atoms with Crippen molar-refractivity contribution in [1.82, 2.24) is 5.32 Å². The van der Waals surface area contributed by atoms with Crippen LogP contribution in [0.15, 0.2) is 12.3 Å². The van der Waals surface area contributed by atoms with Gasteiger partial charge in [-0.2, -0.15) is 0 Å². The van der Waals surface area contributed by atoms with Gasteiger partial charge >= 0.3 is 0 Å². The van der Waals surface area contributed by atoms with E-state index in [1.807, 2.05) is 0 Å². The van der Waals surface area contributed by atoms with E-state index in [4.69, 9.17) is 0 Å². The van der Waals surface area contributed by atoms with Gasteiger partial charge in [0.15, 0.2) is 0 Å². The maximum Gasteiger partial charge on any atom is 0.0314 e. The molecule has 0 bridgehead atoms. The molecule has 0 fully saturated rings. The lowest BCUT2D eigenvalue weighted by Gasteiger charge is -2.30. The fourth-order valence-corrected chi connectivity index (χ4v) is 2.17. The first kappa shape index (κ1) is 16.5. The maximum absolute atomic E-state index is 4.10. The molecule has 0 aliphatic heterocycles. The SMILES string of the molecule is C=C(NC(C)(C)CCCC(C)CCC)C(C)C. The quantitative estimate of drug-likeness (QED) is 0.588. The summed E-state index contributed by atoms with van der Waals surface area (Å²) in [5.41, 5.74) is 1.35. The van der Waals surface area contributed by atoms with E-state index in [2.05, 4.69) is 53.4 Å². The Hall–Kier alpha value is -0.460. The van der Waals surface area contributed by atoms with E-state index in [1.54, 1.807) is 0 Å². The third kappa shape index (κ3) is 8.29. The molecule has 0 aliphatic carbocycles. The van der Waals surface area contributed by atoms with Gasteiger partial charge in [0, 0.05) is 11.2 Å². The van der Waals surface area contributed by atoms with Crippen molar-refractivity contribution < 1.29 is 0 Å². The van der Waals surface area contributed by atoms with Gasteiger partial charge in [-0.15, -0.1) is 0 Å². The molecule has 0 heterocycles. The third-order valence-electron chi connectivity index (χ3n) is 3.48. The lowest BCUT2D eigenvalue weighted by Crippen LogP contribution is -2.39. The van der Waals surface area contributed by atoms with Crippen LogP contribution in [0.2, 0.25) is 0 Å². The van der Waals surface area contributed by atoms with Crippen LogP contribution in [-0.4, -0.2) is 5.54 Å². The smallest absolute Gasteiger partial charge is 0.0314 e. The Morgan fingerprint density at radius 2 is 1.76 bits per heavy atom. The van der Waals surface area contributed by atoms with Gasteiger partial charge in [-0.3, -0.25) is 0 Å². The van der Waals surface area contributed by atoms with Gasteiger partial charge in [0.2, 0.25) is 0 Å². The number of hydrogen-bond donors (Lipinski definition) is 1. The fraction of sp³-hybridized carbons (Fsp3) is 0.875. The first-order valence-corrected chi connectivity index (χ1v) is 7.25. The van der Waals surface area contributed by atoms with Crippen LogP contribution in [0.1, 0.15) is 73.6 Å². The van der Waals surface area contributed by atoms with E-state index in [0.717, 1.165) is 11.6 Å². The average molecular weight is 239 g/mol. The van der Waals surface area contributed by atoms with Gasteiger partial charge in [-0.25, -0.2) is 0 Å². The van der Waals surface area contributed by atoms with Crippen LogP contribution < -0.4 is 5.32 Å². The van der Waals surface area contributed by atoms with Gasteiger partial charge in [-0.05, 0) is 32.1 Å². The lowest BCUT2D eigenvalue weighted by atomic mass is 9.91. The second-order valence-corrected chi connectivity index (χ2v) is 6.47. The maximum atomic E-state index is 4.10. The minimum Gasteiger partial charge on any atom is -0.384 e. The summed E-state index contributed by atoms with van der Waals surface area (Å²) in [6.07, 6.45) is 6.58. The molecule has 17 heavy (non-hydrogen) atoms. The van der Waals surface area contributed by atoms with Gasteiger partial charge in [0.05, 0.1) is 0 Å². The fourth-order valence-electron chi connectivity index (χ4n) is 2.17. The second-order valence-electron chi connectivity index (χ2n) is 6.47. The molecule has 0 saturated carbocycles. The molecular formula is C16H33N. The number of allylic oxidation sites excluding steroid dienone is 1. The summed E-state index contributed by atoms with van der Waals surface area (Å²) in [5.74, 6) is 1.40. The highest BCUT2D eigenvalue weighted by atomic mass is 15.0. The van der Waals surface area contributed by atoms with Crippen molar-refractivity contribution in [3.05, 3.63) is 12.3 Å². The first-order valence-electron chi connectivity index (χ1n) is 7.25. The van der Waals surface area contributed by atoms with Crippen molar-refractivity contribution in [2.24, 2.45) is 11.8 Å². The van der Waals surface area contributed by atoms with E-state index in [0.29, 0.717) is 5.92 Å². The van der Waals surface area contributed by atoms with Gasteiger partial charge in [0.25, 0.3) is 0 Å². The molecule has 0 aromatic carbocycles. The van der Waals surface area contributed by atoms with Gasteiger partial charge in [-0.1, -0.05) is 60.0 Å². The van der Waals surface area contributed by atoms with Crippen LogP contribution in [0.5, 0.6) is 0 Å². The predicted octanol–water partition coefficient (Wildman–Crippen LogP) is 5.13. The molecule has 0 aromatic rings. The van der Waals surface area contributed by atoms with E-state index in [-0.39, 0.29) is 5.54 Å². The van der Waals surface area contributed by atoms with Gasteiger partial charge in [0.1, 0.15) is 0 Å². The Balaban J connectivity index is 3.89. The van der Waals surface area contributed by atoms with Crippen molar-refractivity contribution in [3.63, 3.8) is 0 Å². The van der Waals surface area contributed by atoms with Crippen LogP contribution in [0.3, 0.4) is 0 Å². The van der Waals surface area contributed by atoms with E-state index in [1.165, 1.54) is 32.1 Å². The molecule has 0 aromatic heterocycles. The molecule has 1 nitrogen and oxygen atoms in total. The summed E-state index contributed by atoms with van der Waals surface area (Å²) in [5, 5.41) is 3.57. The molecule has 0 rings (SSSR count). The Kier molecular flexibility index (Phi) is 7.58. The Morgan fingerprint density at radius 3 is 2.24 bits per heavy atom. The molecule has 0 spiro atoms. The van der Waals surface area contributed by atoms with Crippen molar-refractivity contribution in [3.8, 4) is 0 Å². The van der Waals surface area contributed by atoms with E-state index < -0.39 is 0 Å². The van der Waals surface area contributed by atoms with Crippen LogP contribution in [0, 0.1) is 11.8 Å². The highest BCUT2D eigenvalue weighted by Gasteiger charge is 2.18. The zero-order chi connectivity index (χ0) is 13.5. The minimum atomic E-state index is 0.188. The zero-order valence-corrected chi connectivity index (χ0v) is 12.9. The molecule has 1 atom stereocenters. The molecule has 1 heteroatoms. The summed E-state index contributed by atoms with van der Waals surface area (Å²) in [6, 6.07) is 0. The van der Waals surface area contributed by atoms with E-state index >= 15 is 0 Å². The molecular weight excluding hydrogens is 206 g/mol. The standard InChI is InChI=1S/C16H33N/c1-8-10-14(4)11-9-12-16(6,7)17-15(5)13(2)3/h13-14,17H,5,8-12H2,1-4,6-7H3. The Bertz CT molecular complexity index is 216. The highest BCUT2D eigenvalue weighted by Crippen LogP contribution is 2.20. The second kappa shape index (κ2) is 7.79. The first-order chi connectivity index (χ1) is 7.78. The molecule has 102 valence electrons. The third-order valence-corrected chi connectivity index (χ3v) is 3.48. The molecule has 0 radical (unpaired) electrons. The molecule has 1 unspecified atom stereocenters. The van der Waals surface area contributed by atoms with Crippen LogP contribution in [0.25, 0.3) is 0 Å². The van der Waals surface area contributed by atoms with Crippen molar-refractivity contribution in [2.45, 2.75) is 79.2 Å². The summed E-state index contributed by atoms with van der Waals surface area (Å²) < 4.78 is 0. The normalized spacial score (nSPS) is 13.8. The summed E-state index contributed by atoms with van der Waals surface area (Å²) in [6.45, 7) is 17.7. The van der Waals surface area contributed by atoms with Crippen molar-refractivity contribution in [2.75, 3.05) is 0 Å². The lowest BCUT2D eigenvalue weighted by molar-refractivity contribution is 0.347. The van der Waals surface area contributed by atoms with Crippen molar-refractivity contribution in [1.29, 1.82) is 0 Å². The van der Waals surface area contributed by atoms with Crippen LogP contribution in [0.4, 0.5) is 0 Å². The minimum absolute atomic E-state index is 0.188. The topological polar surface area (TPSA) is 12.0 Å². The number of hydrogen-bond acceptors (Lipinski definition) is 1. The largest absolute Gasteiger partial charge is 0.384 e. The molecule has 0 aliphatic rings. The summed E-state index contributed by atoms with van der Waals surface area (Å²) >= 11 is 0. The van der Waals surface area contributed by atoms with E-state index in [9.17, 15) is 0 Å². The molecule has 0 amide bonds. The highest BCUT2D eigenvalue weighted by molar-refractivity contribution is 5.00. The average Bonchev–Trinajstić information content (AvgIpc) is 2.16. The van der Waals surface area contributed by atoms with Crippen molar-refractivity contribution >= 4 is 0 Å². The van der Waals surface area contributed by atoms with Gasteiger partial charge < -0.3 is 5.32 Å². The predicted molar refractivity (Wildman–Crippen MR) is 79.1 cm³/mol. The van der Waals surface area contributed by atoms with Crippen LogP contribution in [-0.2, 0) is 0 Å². The Labute approximate surface area is 109 Å².